The fraction of sp³-hybridized carbons (Fsp3) is 0.0714. The summed E-state index contributed by atoms with van der Waals surface area (Å²) in [6.45, 7) is 1.95. The zero-order chi connectivity index (χ0) is 13.2. The normalized spacial score (nSPS) is 10.6. The molecule has 0 spiro atoms. The second-order valence-electron chi connectivity index (χ2n) is 4.11. The van der Waals surface area contributed by atoms with Gasteiger partial charge in [0.05, 0.1) is 0 Å². The van der Waals surface area contributed by atoms with Gasteiger partial charge in [-0.05, 0) is 18.4 Å². The molecule has 0 saturated heterocycles. The van der Waals surface area contributed by atoms with E-state index < -0.39 is 0 Å². The molecule has 19 heavy (non-hydrogen) atoms. The first kappa shape index (κ1) is 11.8. The number of hydrogen-bond donors (Lipinski definition) is 1. The maximum Gasteiger partial charge on any atom is 0.276 e. The van der Waals surface area contributed by atoms with E-state index in [1.54, 1.807) is 12.4 Å². The number of nitrogens with zero attached hydrogens (tertiary/aromatic N) is 2. The van der Waals surface area contributed by atoms with E-state index in [0.717, 1.165) is 15.6 Å². The van der Waals surface area contributed by atoms with Gasteiger partial charge in [-0.3, -0.25) is 15.1 Å². The fourth-order valence-electron chi connectivity index (χ4n) is 1.87. The summed E-state index contributed by atoms with van der Waals surface area (Å²) in [7, 11) is 0. The Balaban J connectivity index is 1.97. The monoisotopic (exact) mass is 269 g/mol. The number of aromatic nitrogens is 2. The van der Waals surface area contributed by atoms with Gasteiger partial charge >= 0.3 is 0 Å². The van der Waals surface area contributed by atoms with Crippen molar-refractivity contribution < 1.29 is 4.79 Å². The Morgan fingerprint density at radius 1 is 1.21 bits per heavy atom. The van der Waals surface area contributed by atoms with E-state index in [9.17, 15) is 4.79 Å². The molecular formula is C14H11N3OS. The van der Waals surface area contributed by atoms with E-state index in [4.69, 9.17) is 0 Å². The molecule has 94 valence electrons. The Morgan fingerprint density at radius 3 is 2.84 bits per heavy atom. The maximum absolute atomic E-state index is 12.2. The van der Waals surface area contributed by atoms with Crippen molar-refractivity contribution >= 4 is 33.1 Å². The highest BCUT2D eigenvalue weighted by atomic mass is 32.1. The minimum Gasteiger partial charge on any atom is -0.296 e. The second kappa shape index (κ2) is 4.78. The van der Waals surface area contributed by atoms with E-state index in [-0.39, 0.29) is 5.91 Å². The van der Waals surface area contributed by atoms with Crippen LogP contribution in [0.4, 0.5) is 5.13 Å². The number of fused-ring (bicyclic) bond motifs is 1. The molecule has 0 aliphatic rings. The number of nitrogens with one attached hydrogen (secondary N) is 1. The summed E-state index contributed by atoms with van der Waals surface area (Å²) in [6, 6.07) is 9.58. The van der Waals surface area contributed by atoms with Crippen molar-refractivity contribution in [2.75, 3.05) is 5.32 Å². The third-order valence-electron chi connectivity index (χ3n) is 2.73. The largest absolute Gasteiger partial charge is 0.296 e. The highest BCUT2D eigenvalue weighted by Crippen LogP contribution is 2.20. The topological polar surface area (TPSA) is 54.9 Å². The smallest absolute Gasteiger partial charge is 0.276 e. The number of rotatable bonds is 2. The van der Waals surface area contributed by atoms with Crippen LogP contribution in [0.15, 0.2) is 42.7 Å². The Morgan fingerprint density at radius 2 is 2.05 bits per heavy atom. The van der Waals surface area contributed by atoms with Crippen LogP contribution in [0.5, 0.6) is 0 Å². The quantitative estimate of drug-likeness (QED) is 0.777. The Labute approximate surface area is 114 Å². The van der Waals surface area contributed by atoms with Crippen molar-refractivity contribution in [2.45, 2.75) is 6.92 Å². The van der Waals surface area contributed by atoms with E-state index in [2.05, 4.69) is 15.3 Å². The van der Waals surface area contributed by atoms with Gasteiger partial charge < -0.3 is 0 Å². The maximum atomic E-state index is 12.2. The van der Waals surface area contributed by atoms with Crippen LogP contribution in [-0.2, 0) is 0 Å². The standard InChI is InChI=1S/C14H11N3OS/c1-9-8-16-14(19-9)17-13(18)12-11-5-3-2-4-10(11)6-7-15-12/h2-8H,1H3,(H,16,17,18). The third kappa shape index (κ3) is 2.32. The number of anilines is 1. The molecule has 0 aliphatic heterocycles. The highest BCUT2D eigenvalue weighted by Gasteiger charge is 2.12. The predicted octanol–water partition coefficient (Wildman–Crippen LogP) is 3.25. The lowest BCUT2D eigenvalue weighted by molar-refractivity contribution is 0.102. The number of carbonyl (C=O) groups excluding carboxylic acids is 1. The molecular weight excluding hydrogens is 258 g/mol. The molecule has 0 atom stereocenters. The second-order valence-corrected chi connectivity index (χ2v) is 5.35. The Hall–Kier alpha value is -2.27. The Bertz CT molecular complexity index is 746. The lowest BCUT2D eigenvalue weighted by Gasteiger charge is -2.04. The van der Waals surface area contributed by atoms with Crippen molar-refractivity contribution in [3.8, 4) is 0 Å². The number of benzene rings is 1. The first-order valence-electron chi connectivity index (χ1n) is 5.81. The van der Waals surface area contributed by atoms with Gasteiger partial charge in [0.1, 0.15) is 5.69 Å². The van der Waals surface area contributed by atoms with Gasteiger partial charge in [0, 0.05) is 22.7 Å². The van der Waals surface area contributed by atoms with E-state index in [1.807, 2.05) is 37.3 Å². The van der Waals surface area contributed by atoms with Crippen LogP contribution < -0.4 is 5.32 Å². The van der Waals surface area contributed by atoms with Crippen LogP contribution in [0.25, 0.3) is 10.8 Å². The van der Waals surface area contributed by atoms with Crippen LogP contribution in [-0.4, -0.2) is 15.9 Å². The van der Waals surface area contributed by atoms with Gasteiger partial charge in [-0.1, -0.05) is 24.3 Å². The van der Waals surface area contributed by atoms with Crippen molar-refractivity contribution in [1.29, 1.82) is 0 Å². The molecule has 0 radical (unpaired) electrons. The first-order chi connectivity index (χ1) is 9.24. The number of hydrogen-bond acceptors (Lipinski definition) is 4. The van der Waals surface area contributed by atoms with Crippen molar-refractivity contribution in [3.05, 3.63) is 53.3 Å². The number of aryl methyl sites for hydroxylation is 1. The number of pyridine rings is 1. The summed E-state index contributed by atoms with van der Waals surface area (Å²) in [4.78, 5) is 21.6. The molecule has 2 heterocycles. The number of amides is 1. The number of thiazole rings is 1. The van der Waals surface area contributed by atoms with Gasteiger partial charge in [-0.2, -0.15) is 0 Å². The summed E-state index contributed by atoms with van der Waals surface area (Å²) in [6.07, 6.45) is 3.38. The van der Waals surface area contributed by atoms with Gasteiger partial charge in [-0.15, -0.1) is 11.3 Å². The summed E-state index contributed by atoms with van der Waals surface area (Å²) in [5.74, 6) is -0.230. The van der Waals surface area contributed by atoms with E-state index in [1.165, 1.54) is 11.3 Å². The molecule has 2 aromatic heterocycles. The zero-order valence-corrected chi connectivity index (χ0v) is 11.1. The van der Waals surface area contributed by atoms with Crippen molar-refractivity contribution in [1.82, 2.24) is 9.97 Å². The molecule has 1 amide bonds. The Kier molecular flexibility index (Phi) is 2.97. The molecule has 1 aromatic carbocycles. The molecule has 0 fully saturated rings. The summed E-state index contributed by atoms with van der Waals surface area (Å²) in [5, 5.41) is 5.21. The van der Waals surface area contributed by atoms with Crippen LogP contribution in [0.3, 0.4) is 0 Å². The van der Waals surface area contributed by atoms with E-state index in [0.29, 0.717) is 10.8 Å². The molecule has 0 unspecified atom stereocenters. The average Bonchev–Trinajstić information content (AvgIpc) is 2.83. The average molecular weight is 269 g/mol. The minimum absolute atomic E-state index is 0.230. The molecule has 0 aliphatic carbocycles. The molecule has 0 bridgehead atoms. The predicted molar refractivity (Wildman–Crippen MR) is 76.5 cm³/mol. The van der Waals surface area contributed by atoms with Crippen LogP contribution in [0, 0.1) is 6.92 Å². The van der Waals surface area contributed by atoms with Crippen molar-refractivity contribution in [2.24, 2.45) is 0 Å². The molecule has 5 heteroatoms. The van der Waals surface area contributed by atoms with Crippen LogP contribution >= 0.6 is 11.3 Å². The minimum atomic E-state index is -0.230. The van der Waals surface area contributed by atoms with Gasteiger partial charge in [0.25, 0.3) is 5.91 Å². The van der Waals surface area contributed by atoms with Crippen LogP contribution in [0.2, 0.25) is 0 Å². The molecule has 3 aromatic rings. The molecule has 4 nitrogen and oxygen atoms in total. The van der Waals surface area contributed by atoms with Gasteiger partial charge in [0.15, 0.2) is 5.13 Å². The molecule has 3 rings (SSSR count). The lowest BCUT2D eigenvalue weighted by atomic mass is 10.1. The van der Waals surface area contributed by atoms with Gasteiger partial charge in [-0.25, -0.2) is 4.98 Å². The summed E-state index contributed by atoms with van der Waals surface area (Å²) >= 11 is 1.45. The van der Waals surface area contributed by atoms with E-state index >= 15 is 0 Å². The van der Waals surface area contributed by atoms with Crippen molar-refractivity contribution in [3.63, 3.8) is 0 Å². The highest BCUT2D eigenvalue weighted by molar-refractivity contribution is 7.15. The van der Waals surface area contributed by atoms with Crippen LogP contribution in [0.1, 0.15) is 15.4 Å². The van der Waals surface area contributed by atoms with Gasteiger partial charge in [0.2, 0.25) is 0 Å². The number of carbonyl (C=O) groups is 1. The lowest BCUT2D eigenvalue weighted by Crippen LogP contribution is -2.13. The zero-order valence-electron chi connectivity index (χ0n) is 10.3. The molecule has 0 saturated carbocycles. The fourth-order valence-corrected chi connectivity index (χ4v) is 2.53. The first-order valence-corrected chi connectivity index (χ1v) is 6.63. The summed E-state index contributed by atoms with van der Waals surface area (Å²) < 4.78 is 0. The summed E-state index contributed by atoms with van der Waals surface area (Å²) in [5.41, 5.74) is 0.422. The third-order valence-corrected chi connectivity index (χ3v) is 3.56. The molecule has 1 N–H and O–H groups in total. The SMILES string of the molecule is Cc1cnc(NC(=O)c2nccc3ccccc23)s1.